The van der Waals surface area contributed by atoms with Crippen LogP contribution in [0, 0.1) is 30.9 Å². The van der Waals surface area contributed by atoms with Crippen molar-refractivity contribution in [3.05, 3.63) is 81.0 Å². The third kappa shape index (κ3) is 3.61. The Kier molecular flexibility index (Phi) is 4.53. The average Bonchev–Trinajstić information content (AvgIpc) is 2.94. The van der Waals surface area contributed by atoms with Crippen molar-refractivity contribution in [2.75, 3.05) is 5.32 Å². The first-order valence-corrected chi connectivity index (χ1v) is 8.04. The fourth-order valence-corrected chi connectivity index (χ4v) is 2.78. The third-order valence-electron chi connectivity index (χ3n) is 3.86. The van der Waals surface area contributed by atoms with Crippen LogP contribution in [0.2, 0.25) is 0 Å². The molecule has 26 heavy (non-hydrogen) atoms. The average molecular weight is 350 g/mol. The fraction of sp³-hybridized carbons (Fsp3) is 0.158. The Balaban J connectivity index is 1.90. The molecular formula is C19H18N4O3. The van der Waals surface area contributed by atoms with Gasteiger partial charge in [-0.2, -0.15) is 5.10 Å². The van der Waals surface area contributed by atoms with Gasteiger partial charge in [0.1, 0.15) is 5.82 Å². The topological polar surface area (TPSA) is 90.1 Å². The molecule has 0 spiro atoms. The summed E-state index contributed by atoms with van der Waals surface area (Å²) in [6.07, 6.45) is 0. The number of carbonyl (C=O) groups excluding carboxylic acids is 1. The number of non-ortho nitro benzene ring substituents is 1. The molecule has 1 aromatic heterocycles. The molecule has 1 amide bonds. The van der Waals surface area contributed by atoms with E-state index in [1.807, 2.05) is 32.9 Å². The van der Waals surface area contributed by atoms with E-state index < -0.39 is 4.92 Å². The second-order valence-electron chi connectivity index (χ2n) is 6.19. The summed E-state index contributed by atoms with van der Waals surface area (Å²) in [4.78, 5) is 22.7. The number of nitrogens with zero attached hydrogens (tertiary/aromatic N) is 3. The summed E-state index contributed by atoms with van der Waals surface area (Å²) in [5.74, 6) is 0.182. The fourth-order valence-electron chi connectivity index (χ4n) is 2.78. The molecule has 0 saturated carbocycles. The smallest absolute Gasteiger partial charge is 0.269 e. The molecule has 0 saturated heterocycles. The number of amides is 1. The number of aryl methyl sites for hydroxylation is 3. The van der Waals surface area contributed by atoms with Gasteiger partial charge in [0.25, 0.3) is 11.6 Å². The molecule has 132 valence electrons. The van der Waals surface area contributed by atoms with Gasteiger partial charge in [-0.25, -0.2) is 4.68 Å². The largest absolute Gasteiger partial charge is 0.306 e. The Morgan fingerprint density at radius 3 is 2.23 bits per heavy atom. The molecule has 0 unspecified atom stereocenters. The van der Waals surface area contributed by atoms with Crippen LogP contribution in [-0.2, 0) is 0 Å². The molecule has 0 aliphatic carbocycles. The number of benzene rings is 2. The minimum atomic E-state index is -0.500. The highest BCUT2D eigenvalue weighted by molar-refractivity contribution is 6.04. The molecule has 2 aromatic carbocycles. The summed E-state index contributed by atoms with van der Waals surface area (Å²) in [6.45, 7) is 5.85. The highest BCUT2D eigenvalue weighted by Crippen LogP contribution is 2.21. The first-order valence-electron chi connectivity index (χ1n) is 8.04. The van der Waals surface area contributed by atoms with Gasteiger partial charge in [0, 0.05) is 23.8 Å². The summed E-state index contributed by atoms with van der Waals surface area (Å²) >= 11 is 0. The lowest BCUT2D eigenvalue weighted by molar-refractivity contribution is -0.384. The van der Waals surface area contributed by atoms with Crippen molar-refractivity contribution in [1.82, 2.24) is 9.78 Å². The number of carbonyl (C=O) groups is 1. The quantitative estimate of drug-likeness (QED) is 0.570. The minimum absolute atomic E-state index is 0.0577. The Morgan fingerprint density at radius 2 is 1.65 bits per heavy atom. The highest BCUT2D eigenvalue weighted by Gasteiger charge is 2.14. The molecule has 1 heterocycles. The highest BCUT2D eigenvalue weighted by atomic mass is 16.6. The molecule has 7 nitrogen and oxygen atoms in total. The van der Waals surface area contributed by atoms with Gasteiger partial charge in [-0.05, 0) is 56.2 Å². The van der Waals surface area contributed by atoms with E-state index in [0.717, 1.165) is 22.5 Å². The molecular weight excluding hydrogens is 332 g/mol. The maximum atomic E-state index is 12.5. The Morgan fingerprint density at radius 1 is 1.04 bits per heavy atom. The second kappa shape index (κ2) is 6.79. The van der Waals surface area contributed by atoms with Gasteiger partial charge in [0.15, 0.2) is 0 Å². The van der Waals surface area contributed by atoms with Crippen molar-refractivity contribution >= 4 is 17.4 Å². The number of hydrogen-bond acceptors (Lipinski definition) is 4. The van der Waals surface area contributed by atoms with Crippen LogP contribution in [0.1, 0.15) is 27.2 Å². The van der Waals surface area contributed by atoms with Gasteiger partial charge in [-0.15, -0.1) is 0 Å². The first-order chi connectivity index (χ1) is 12.3. The predicted molar refractivity (Wildman–Crippen MR) is 98.8 cm³/mol. The van der Waals surface area contributed by atoms with E-state index in [1.54, 1.807) is 10.7 Å². The summed E-state index contributed by atoms with van der Waals surface area (Å²) in [6, 6.07) is 13.3. The maximum absolute atomic E-state index is 12.5. The summed E-state index contributed by atoms with van der Waals surface area (Å²) in [7, 11) is 0. The van der Waals surface area contributed by atoms with Crippen molar-refractivity contribution < 1.29 is 9.72 Å². The predicted octanol–water partition coefficient (Wildman–Crippen LogP) is 3.96. The lowest BCUT2D eigenvalue weighted by Gasteiger charge is -2.10. The van der Waals surface area contributed by atoms with E-state index in [9.17, 15) is 14.9 Å². The minimum Gasteiger partial charge on any atom is -0.306 e. The number of anilines is 1. The summed E-state index contributed by atoms with van der Waals surface area (Å²) in [5, 5.41) is 18.0. The Labute approximate surface area is 150 Å². The van der Waals surface area contributed by atoms with Gasteiger partial charge in [0.05, 0.1) is 16.3 Å². The molecule has 3 aromatic rings. The lowest BCUT2D eigenvalue weighted by atomic mass is 10.1. The van der Waals surface area contributed by atoms with E-state index in [-0.39, 0.29) is 11.6 Å². The molecule has 0 fully saturated rings. The number of nitro benzene ring substituents is 1. The molecule has 0 bridgehead atoms. The molecule has 1 N–H and O–H groups in total. The van der Waals surface area contributed by atoms with Crippen molar-refractivity contribution in [3.8, 4) is 5.69 Å². The van der Waals surface area contributed by atoms with Crippen LogP contribution in [0.25, 0.3) is 5.69 Å². The van der Waals surface area contributed by atoms with E-state index in [1.165, 1.54) is 24.3 Å². The van der Waals surface area contributed by atoms with Gasteiger partial charge < -0.3 is 5.32 Å². The van der Waals surface area contributed by atoms with Gasteiger partial charge in [-0.3, -0.25) is 14.9 Å². The van der Waals surface area contributed by atoms with Gasteiger partial charge in [-0.1, -0.05) is 6.07 Å². The number of nitro groups is 1. The zero-order valence-corrected chi connectivity index (χ0v) is 14.7. The number of nitrogens with one attached hydrogen (secondary N) is 1. The van der Waals surface area contributed by atoms with Crippen molar-refractivity contribution in [2.24, 2.45) is 0 Å². The number of aromatic nitrogens is 2. The van der Waals surface area contributed by atoms with Crippen LogP contribution in [-0.4, -0.2) is 20.6 Å². The standard InChI is InChI=1S/C19H18N4O3/c1-12-8-13(2)10-17(9-12)22-18(11-14(3)21-22)20-19(24)15-4-6-16(7-5-15)23(25)26/h4-11H,1-3H3,(H,20,24). The van der Waals surface area contributed by atoms with Crippen molar-refractivity contribution in [3.63, 3.8) is 0 Å². The zero-order valence-electron chi connectivity index (χ0n) is 14.7. The van der Waals surface area contributed by atoms with Gasteiger partial charge >= 0.3 is 0 Å². The molecule has 0 aliphatic rings. The normalized spacial score (nSPS) is 10.6. The van der Waals surface area contributed by atoms with E-state index in [4.69, 9.17) is 0 Å². The number of rotatable bonds is 4. The SMILES string of the molecule is Cc1cc(C)cc(-n2nc(C)cc2NC(=O)c2ccc([N+](=O)[O-])cc2)c1. The monoisotopic (exact) mass is 350 g/mol. The molecule has 0 atom stereocenters. The number of hydrogen-bond donors (Lipinski definition) is 1. The zero-order chi connectivity index (χ0) is 18.8. The Bertz CT molecular complexity index is 970. The Hall–Kier alpha value is -3.48. The van der Waals surface area contributed by atoms with Crippen LogP contribution in [0.4, 0.5) is 11.5 Å². The van der Waals surface area contributed by atoms with E-state index in [2.05, 4.69) is 16.5 Å². The first kappa shape index (κ1) is 17.3. The second-order valence-corrected chi connectivity index (χ2v) is 6.19. The van der Waals surface area contributed by atoms with E-state index in [0.29, 0.717) is 11.4 Å². The van der Waals surface area contributed by atoms with E-state index >= 15 is 0 Å². The van der Waals surface area contributed by atoms with Crippen LogP contribution in [0.5, 0.6) is 0 Å². The molecule has 7 heteroatoms. The van der Waals surface area contributed by atoms with Crippen LogP contribution < -0.4 is 5.32 Å². The molecule has 3 rings (SSSR count). The van der Waals surface area contributed by atoms with Crippen LogP contribution >= 0.6 is 0 Å². The molecule has 0 radical (unpaired) electrons. The summed E-state index contributed by atoms with van der Waals surface area (Å²) < 4.78 is 1.68. The van der Waals surface area contributed by atoms with Crippen LogP contribution in [0.15, 0.2) is 48.5 Å². The molecule has 0 aliphatic heterocycles. The summed E-state index contributed by atoms with van der Waals surface area (Å²) in [5.41, 5.74) is 4.10. The van der Waals surface area contributed by atoms with Crippen LogP contribution in [0.3, 0.4) is 0 Å². The van der Waals surface area contributed by atoms with Crippen molar-refractivity contribution in [2.45, 2.75) is 20.8 Å². The van der Waals surface area contributed by atoms with Crippen molar-refractivity contribution in [1.29, 1.82) is 0 Å². The van der Waals surface area contributed by atoms with Gasteiger partial charge in [0.2, 0.25) is 0 Å². The maximum Gasteiger partial charge on any atom is 0.269 e. The third-order valence-corrected chi connectivity index (χ3v) is 3.86. The lowest BCUT2D eigenvalue weighted by Crippen LogP contribution is -2.15.